The molecule has 1 atom stereocenters. The maximum atomic E-state index is 13.1. The van der Waals surface area contributed by atoms with E-state index in [0.717, 1.165) is 10.6 Å². The smallest absolute Gasteiger partial charge is 0.328 e. The Morgan fingerprint density at radius 1 is 1.09 bits per heavy atom. The van der Waals surface area contributed by atoms with Gasteiger partial charge in [-0.3, -0.25) is 19.6 Å². The Morgan fingerprint density at radius 2 is 1.82 bits per heavy atom. The van der Waals surface area contributed by atoms with Gasteiger partial charge >= 0.3 is 5.97 Å². The van der Waals surface area contributed by atoms with Gasteiger partial charge in [0.2, 0.25) is 12.7 Å². The Morgan fingerprint density at radius 3 is 2.53 bits per heavy atom. The average molecular weight is 469 g/mol. The van der Waals surface area contributed by atoms with Crippen LogP contribution in [0.3, 0.4) is 0 Å². The lowest BCUT2D eigenvalue weighted by molar-refractivity contribution is -0.153. The highest BCUT2D eigenvalue weighted by molar-refractivity contribution is 6.07. The molecule has 1 amide bonds. The first-order valence-electron chi connectivity index (χ1n) is 10.7. The van der Waals surface area contributed by atoms with Gasteiger partial charge in [0, 0.05) is 18.7 Å². The zero-order chi connectivity index (χ0) is 24.5. The molecular weight excluding hydrogens is 442 g/mol. The summed E-state index contributed by atoms with van der Waals surface area (Å²) in [5.74, 6) is -1.23. The third-order valence-corrected chi connectivity index (χ3v) is 5.09. The Kier molecular flexibility index (Phi) is 8.41. The third kappa shape index (κ3) is 6.69. The standard InChI is InChI=1S/C23H27N5O6/c24-23(25)26-10-4-7-17(22(31)32)28(21(30)12-18(29)16-5-2-1-3-6-16)27-13-15-8-9-19-20(11-15)34-14-33-19/h1-3,5-6,8-9,11,17,27H,4,7,10,12-14H2,(H,31,32)(H4,24,25,26)/t17-/m0/s1. The number of guanidine groups is 1. The first-order chi connectivity index (χ1) is 16.3. The number of rotatable bonds is 12. The molecule has 34 heavy (non-hydrogen) atoms. The number of carboxylic acids is 1. The van der Waals surface area contributed by atoms with E-state index in [1.165, 1.54) is 0 Å². The lowest BCUT2D eigenvalue weighted by Crippen LogP contribution is -2.53. The first-order valence-corrected chi connectivity index (χ1v) is 10.7. The van der Waals surface area contributed by atoms with Crippen LogP contribution >= 0.6 is 0 Å². The van der Waals surface area contributed by atoms with Gasteiger partial charge in [-0.15, -0.1) is 0 Å². The molecular formula is C23H27N5O6. The normalized spacial score (nSPS) is 12.6. The summed E-state index contributed by atoms with van der Waals surface area (Å²) in [6.45, 7) is 0.453. The maximum Gasteiger partial charge on any atom is 0.328 e. The molecule has 0 aromatic heterocycles. The molecule has 180 valence electrons. The van der Waals surface area contributed by atoms with Gasteiger partial charge in [-0.05, 0) is 30.5 Å². The second-order valence-corrected chi connectivity index (χ2v) is 7.56. The van der Waals surface area contributed by atoms with Crippen LogP contribution in [0, 0.1) is 0 Å². The molecule has 0 spiro atoms. The summed E-state index contributed by atoms with van der Waals surface area (Å²) in [6, 6.07) is 12.3. The van der Waals surface area contributed by atoms with Crippen LogP contribution in [-0.4, -0.2) is 53.1 Å². The van der Waals surface area contributed by atoms with E-state index in [1.807, 2.05) is 0 Å². The molecule has 2 aromatic rings. The number of aliphatic carboxylic acids is 1. The number of carbonyl (C=O) groups excluding carboxylic acids is 2. The van der Waals surface area contributed by atoms with Crippen molar-refractivity contribution < 1.29 is 29.0 Å². The van der Waals surface area contributed by atoms with Crippen LogP contribution in [0.1, 0.15) is 35.2 Å². The van der Waals surface area contributed by atoms with Crippen LogP contribution in [0.15, 0.2) is 53.5 Å². The van der Waals surface area contributed by atoms with E-state index in [9.17, 15) is 19.5 Å². The van der Waals surface area contributed by atoms with Crippen LogP contribution in [0.2, 0.25) is 0 Å². The molecule has 0 saturated carbocycles. The molecule has 1 aliphatic rings. The van der Waals surface area contributed by atoms with Crippen molar-refractivity contribution in [2.75, 3.05) is 13.3 Å². The third-order valence-electron chi connectivity index (χ3n) is 5.09. The lowest BCUT2D eigenvalue weighted by Gasteiger charge is -2.29. The zero-order valence-electron chi connectivity index (χ0n) is 18.5. The van der Waals surface area contributed by atoms with E-state index < -0.39 is 30.1 Å². The number of fused-ring (bicyclic) bond motifs is 1. The number of ketones is 1. The van der Waals surface area contributed by atoms with Gasteiger partial charge in [0.1, 0.15) is 6.04 Å². The minimum Gasteiger partial charge on any atom is -0.480 e. The molecule has 3 rings (SSSR count). The molecule has 2 aromatic carbocycles. The molecule has 0 saturated heterocycles. The van der Waals surface area contributed by atoms with E-state index >= 15 is 0 Å². The number of carboxylic acid groups (broad SMARTS) is 1. The summed E-state index contributed by atoms with van der Waals surface area (Å²) < 4.78 is 10.7. The number of ether oxygens (including phenoxy) is 2. The highest BCUT2D eigenvalue weighted by Gasteiger charge is 2.31. The SMILES string of the molecule is NC(N)=NCCC[C@@H](C(=O)O)N(NCc1ccc2c(c1)OCO2)C(=O)CC(=O)c1ccccc1. The summed E-state index contributed by atoms with van der Waals surface area (Å²) in [6.07, 6.45) is -0.0989. The van der Waals surface area contributed by atoms with Crippen LogP contribution < -0.4 is 26.4 Å². The van der Waals surface area contributed by atoms with Gasteiger partial charge < -0.3 is 26.0 Å². The Labute approximate surface area is 196 Å². The topological polar surface area (TPSA) is 170 Å². The zero-order valence-corrected chi connectivity index (χ0v) is 18.5. The minimum absolute atomic E-state index is 0.0749. The molecule has 0 aliphatic carbocycles. The summed E-state index contributed by atoms with van der Waals surface area (Å²) in [7, 11) is 0. The van der Waals surface area contributed by atoms with Crippen molar-refractivity contribution >= 4 is 23.6 Å². The van der Waals surface area contributed by atoms with Crippen LogP contribution in [0.4, 0.5) is 0 Å². The fourth-order valence-electron chi connectivity index (χ4n) is 3.40. The van der Waals surface area contributed by atoms with Crippen LogP contribution in [0.25, 0.3) is 0 Å². The van der Waals surface area contributed by atoms with E-state index in [-0.39, 0.29) is 32.3 Å². The monoisotopic (exact) mass is 469 g/mol. The van der Waals surface area contributed by atoms with Crippen molar-refractivity contribution in [2.45, 2.75) is 31.8 Å². The summed E-state index contributed by atoms with van der Waals surface area (Å²) in [5.41, 5.74) is 14.6. The van der Waals surface area contributed by atoms with Crippen LogP contribution in [0.5, 0.6) is 11.5 Å². The highest BCUT2D eigenvalue weighted by Crippen LogP contribution is 2.32. The Bertz CT molecular complexity index is 1060. The summed E-state index contributed by atoms with van der Waals surface area (Å²) >= 11 is 0. The number of hydrazine groups is 1. The second kappa shape index (κ2) is 11.7. The number of aliphatic imine (C=N–C) groups is 1. The minimum atomic E-state index is -1.24. The van der Waals surface area contributed by atoms with Gasteiger partial charge in [-0.1, -0.05) is 36.4 Å². The van der Waals surface area contributed by atoms with Gasteiger partial charge in [-0.2, -0.15) is 0 Å². The van der Waals surface area contributed by atoms with Crippen molar-refractivity contribution in [3.63, 3.8) is 0 Å². The highest BCUT2D eigenvalue weighted by atomic mass is 16.7. The summed E-state index contributed by atoms with van der Waals surface area (Å²) in [5, 5.41) is 10.8. The van der Waals surface area contributed by atoms with Gasteiger partial charge in [0.25, 0.3) is 0 Å². The Balaban J connectivity index is 1.75. The molecule has 11 heteroatoms. The van der Waals surface area contributed by atoms with Crippen molar-refractivity contribution in [1.29, 1.82) is 0 Å². The number of hydrogen-bond donors (Lipinski definition) is 4. The quantitative estimate of drug-likeness (QED) is 0.0885. The number of nitrogens with two attached hydrogens (primary N) is 2. The molecule has 6 N–H and O–H groups in total. The molecule has 0 fully saturated rings. The fraction of sp³-hybridized carbons (Fsp3) is 0.304. The number of Topliss-reactive ketones (excluding diaryl/α,β-unsaturated/α-hetero) is 1. The molecule has 1 heterocycles. The van der Waals surface area contributed by atoms with Gasteiger partial charge in [0.15, 0.2) is 23.2 Å². The van der Waals surface area contributed by atoms with Crippen molar-refractivity contribution in [3.05, 3.63) is 59.7 Å². The van der Waals surface area contributed by atoms with E-state index in [1.54, 1.807) is 48.5 Å². The Hall–Kier alpha value is -4.12. The first kappa shape index (κ1) is 24.5. The van der Waals surface area contributed by atoms with Crippen molar-refractivity contribution in [1.82, 2.24) is 10.4 Å². The number of nitrogens with one attached hydrogen (secondary N) is 1. The van der Waals surface area contributed by atoms with Crippen molar-refractivity contribution in [2.24, 2.45) is 16.5 Å². The van der Waals surface area contributed by atoms with E-state index in [0.29, 0.717) is 23.5 Å². The van der Waals surface area contributed by atoms with E-state index in [2.05, 4.69) is 10.4 Å². The molecule has 0 unspecified atom stereocenters. The number of carbonyl (C=O) groups is 3. The number of nitrogens with zero attached hydrogens (tertiary/aromatic N) is 2. The molecule has 11 nitrogen and oxygen atoms in total. The van der Waals surface area contributed by atoms with Crippen molar-refractivity contribution in [3.8, 4) is 11.5 Å². The fourth-order valence-corrected chi connectivity index (χ4v) is 3.40. The van der Waals surface area contributed by atoms with E-state index in [4.69, 9.17) is 20.9 Å². The number of benzene rings is 2. The molecule has 1 aliphatic heterocycles. The predicted molar refractivity (Wildman–Crippen MR) is 123 cm³/mol. The predicted octanol–water partition coefficient (Wildman–Crippen LogP) is 1.03. The van der Waals surface area contributed by atoms with Crippen LogP contribution in [-0.2, 0) is 16.1 Å². The van der Waals surface area contributed by atoms with Gasteiger partial charge in [-0.25, -0.2) is 10.2 Å². The second-order valence-electron chi connectivity index (χ2n) is 7.56. The molecule has 0 radical (unpaired) electrons. The largest absolute Gasteiger partial charge is 0.480 e. The van der Waals surface area contributed by atoms with Gasteiger partial charge in [0.05, 0.1) is 6.42 Å². The number of hydrogen-bond acceptors (Lipinski definition) is 7. The summed E-state index contributed by atoms with van der Waals surface area (Å²) in [4.78, 5) is 41.6. The maximum absolute atomic E-state index is 13.1. The lowest BCUT2D eigenvalue weighted by atomic mass is 10.1. The number of amides is 1. The molecule has 0 bridgehead atoms. The average Bonchev–Trinajstić information content (AvgIpc) is 3.28.